The number of halogens is 2. The summed E-state index contributed by atoms with van der Waals surface area (Å²) in [5, 5.41) is 0.778. The summed E-state index contributed by atoms with van der Waals surface area (Å²) < 4.78 is 18.6. The van der Waals surface area contributed by atoms with E-state index in [9.17, 15) is 9.18 Å². The van der Waals surface area contributed by atoms with Gasteiger partial charge >= 0.3 is 0 Å². The first-order chi connectivity index (χ1) is 8.65. The van der Waals surface area contributed by atoms with Crippen LogP contribution in [0.5, 0.6) is 0 Å². The van der Waals surface area contributed by atoms with Crippen molar-refractivity contribution in [3.63, 3.8) is 0 Å². The van der Waals surface area contributed by atoms with E-state index in [1.54, 1.807) is 30.1 Å². The second-order valence-electron chi connectivity index (χ2n) is 3.88. The lowest BCUT2D eigenvalue weighted by Crippen LogP contribution is -2.31. The minimum absolute atomic E-state index is 0.0849. The van der Waals surface area contributed by atoms with E-state index in [4.69, 9.17) is 4.74 Å². The summed E-state index contributed by atoms with van der Waals surface area (Å²) in [5.41, 5.74) is 0.427. The quantitative estimate of drug-likeness (QED) is 0.570. The van der Waals surface area contributed by atoms with Crippen LogP contribution >= 0.6 is 15.9 Å². The molecule has 0 bridgehead atoms. The topological polar surface area (TPSA) is 29.5 Å². The molecule has 100 valence electrons. The Bertz CT molecular complexity index is 387. The molecule has 5 heteroatoms. The number of alkyl halides is 1. The smallest absolute Gasteiger partial charge is 0.226 e. The van der Waals surface area contributed by atoms with Gasteiger partial charge in [0.05, 0.1) is 19.6 Å². The largest absolute Gasteiger partial charge is 0.379 e. The van der Waals surface area contributed by atoms with Gasteiger partial charge < -0.3 is 9.64 Å². The first-order valence-corrected chi connectivity index (χ1v) is 6.88. The summed E-state index contributed by atoms with van der Waals surface area (Å²) in [6.07, 6.45) is 0.0849. The van der Waals surface area contributed by atoms with E-state index in [0.29, 0.717) is 25.3 Å². The molecule has 0 radical (unpaired) electrons. The maximum atomic E-state index is 13.4. The van der Waals surface area contributed by atoms with Crippen LogP contribution in [0.2, 0.25) is 0 Å². The van der Waals surface area contributed by atoms with Gasteiger partial charge in [-0.2, -0.15) is 0 Å². The Morgan fingerprint density at radius 3 is 2.78 bits per heavy atom. The molecule has 1 aromatic carbocycles. The molecule has 3 nitrogen and oxygen atoms in total. The summed E-state index contributed by atoms with van der Waals surface area (Å²) in [5.74, 6) is -0.447. The molecule has 1 aromatic rings. The molecule has 0 fully saturated rings. The van der Waals surface area contributed by atoms with Gasteiger partial charge in [-0.25, -0.2) is 4.39 Å². The first-order valence-electron chi connectivity index (χ1n) is 5.76. The summed E-state index contributed by atoms with van der Waals surface area (Å²) >= 11 is 3.25. The highest BCUT2D eigenvalue weighted by atomic mass is 79.9. The van der Waals surface area contributed by atoms with E-state index in [0.717, 1.165) is 5.33 Å². The van der Waals surface area contributed by atoms with Crippen LogP contribution in [-0.4, -0.2) is 42.9 Å². The van der Waals surface area contributed by atoms with Gasteiger partial charge in [0.15, 0.2) is 0 Å². The summed E-state index contributed by atoms with van der Waals surface area (Å²) in [6, 6.07) is 6.33. The zero-order valence-corrected chi connectivity index (χ0v) is 12.0. The Morgan fingerprint density at radius 2 is 2.11 bits per heavy atom. The van der Waals surface area contributed by atoms with Crippen molar-refractivity contribution in [2.75, 3.05) is 32.1 Å². The zero-order valence-electron chi connectivity index (χ0n) is 10.4. The molecule has 0 saturated carbocycles. The number of carbonyl (C=O) groups is 1. The van der Waals surface area contributed by atoms with Crippen molar-refractivity contribution < 1.29 is 13.9 Å². The van der Waals surface area contributed by atoms with Crippen LogP contribution < -0.4 is 0 Å². The highest BCUT2D eigenvalue weighted by Crippen LogP contribution is 2.08. The van der Waals surface area contributed by atoms with Gasteiger partial charge in [0, 0.05) is 18.9 Å². The van der Waals surface area contributed by atoms with E-state index in [2.05, 4.69) is 15.9 Å². The highest BCUT2D eigenvalue weighted by molar-refractivity contribution is 9.09. The lowest BCUT2D eigenvalue weighted by molar-refractivity contribution is -0.129. The Morgan fingerprint density at radius 1 is 1.39 bits per heavy atom. The molecule has 0 unspecified atom stereocenters. The zero-order chi connectivity index (χ0) is 13.4. The van der Waals surface area contributed by atoms with Gasteiger partial charge in [-0.05, 0) is 11.6 Å². The average Bonchev–Trinajstić information content (AvgIpc) is 2.37. The van der Waals surface area contributed by atoms with Crippen LogP contribution in [0.1, 0.15) is 5.56 Å². The molecule has 1 amide bonds. The number of benzene rings is 1. The van der Waals surface area contributed by atoms with Gasteiger partial charge in [0.1, 0.15) is 5.82 Å². The molecule has 1 rings (SSSR count). The van der Waals surface area contributed by atoms with Crippen molar-refractivity contribution in [1.82, 2.24) is 4.90 Å². The van der Waals surface area contributed by atoms with Gasteiger partial charge in [0.25, 0.3) is 0 Å². The standard InChI is InChI=1S/C13H17BrFNO2/c1-16(7-9-18-8-6-14)13(17)10-11-4-2-3-5-12(11)15/h2-5H,6-10H2,1H3. The first kappa shape index (κ1) is 15.1. The van der Waals surface area contributed by atoms with Gasteiger partial charge in [-0.3, -0.25) is 4.79 Å². The van der Waals surface area contributed by atoms with Crippen molar-refractivity contribution in [2.24, 2.45) is 0 Å². The predicted octanol–water partition coefficient (Wildman–Crippen LogP) is 2.24. The number of nitrogens with zero attached hydrogens (tertiary/aromatic N) is 1. The minimum Gasteiger partial charge on any atom is -0.379 e. The number of likely N-dealkylation sites (N-methyl/N-ethyl adjacent to an activating group) is 1. The number of rotatable bonds is 7. The summed E-state index contributed by atoms with van der Waals surface area (Å²) in [7, 11) is 1.70. The lowest BCUT2D eigenvalue weighted by Gasteiger charge is -2.17. The molecule has 0 atom stereocenters. The van der Waals surface area contributed by atoms with E-state index in [1.807, 2.05) is 0 Å². The van der Waals surface area contributed by atoms with E-state index >= 15 is 0 Å². The predicted molar refractivity (Wildman–Crippen MR) is 72.4 cm³/mol. The normalized spacial score (nSPS) is 10.4. The number of hydrogen-bond donors (Lipinski definition) is 0. The molecule has 0 saturated heterocycles. The monoisotopic (exact) mass is 317 g/mol. The molecule has 0 aliphatic heterocycles. The van der Waals surface area contributed by atoms with E-state index in [-0.39, 0.29) is 18.1 Å². The van der Waals surface area contributed by atoms with E-state index < -0.39 is 0 Å². The van der Waals surface area contributed by atoms with Crippen molar-refractivity contribution in [3.8, 4) is 0 Å². The lowest BCUT2D eigenvalue weighted by atomic mass is 10.1. The SMILES string of the molecule is CN(CCOCCBr)C(=O)Cc1ccccc1F. The minimum atomic E-state index is -0.338. The maximum Gasteiger partial charge on any atom is 0.226 e. The van der Waals surface area contributed by atoms with Crippen molar-refractivity contribution in [3.05, 3.63) is 35.6 Å². The van der Waals surface area contributed by atoms with Crippen molar-refractivity contribution >= 4 is 21.8 Å². The van der Waals surface area contributed by atoms with Crippen LogP contribution in [0.3, 0.4) is 0 Å². The molecule has 0 aliphatic rings. The number of carbonyl (C=O) groups excluding carboxylic acids is 1. The average molecular weight is 318 g/mol. The Labute approximate surface area is 115 Å². The number of ether oxygens (including phenoxy) is 1. The fraction of sp³-hybridized carbons (Fsp3) is 0.462. The summed E-state index contributed by atoms with van der Waals surface area (Å²) in [4.78, 5) is 13.4. The Kier molecular flexibility index (Phi) is 6.90. The highest BCUT2D eigenvalue weighted by Gasteiger charge is 2.11. The number of hydrogen-bond acceptors (Lipinski definition) is 2. The van der Waals surface area contributed by atoms with Gasteiger partial charge in [-0.15, -0.1) is 0 Å². The summed E-state index contributed by atoms with van der Waals surface area (Å²) in [6.45, 7) is 1.63. The third-order valence-electron chi connectivity index (χ3n) is 2.52. The molecular formula is C13H17BrFNO2. The van der Waals surface area contributed by atoms with Crippen LogP contribution in [-0.2, 0) is 16.0 Å². The second-order valence-corrected chi connectivity index (χ2v) is 4.68. The van der Waals surface area contributed by atoms with Crippen molar-refractivity contribution in [1.29, 1.82) is 0 Å². The van der Waals surface area contributed by atoms with E-state index in [1.165, 1.54) is 6.07 Å². The molecule has 0 spiro atoms. The molecule has 0 heterocycles. The Balaban J connectivity index is 2.38. The van der Waals surface area contributed by atoms with Crippen LogP contribution in [0.25, 0.3) is 0 Å². The fourth-order valence-corrected chi connectivity index (χ4v) is 1.65. The third-order valence-corrected chi connectivity index (χ3v) is 2.84. The molecule has 0 aliphatic carbocycles. The van der Waals surface area contributed by atoms with Crippen molar-refractivity contribution in [2.45, 2.75) is 6.42 Å². The van der Waals surface area contributed by atoms with Crippen LogP contribution in [0.15, 0.2) is 24.3 Å². The Hall–Kier alpha value is -0.940. The van der Waals surface area contributed by atoms with Crippen LogP contribution in [0.4, 0.5) is 4.39 Å². The molecule has 18 heavy (non-hydrogen) atoms. The third kappa shape index (κ3) is 5.14. The van der Waals surface area contributed by atoms with Crippen LogP contribution in [0, 0.1) is 5.82 Å². The second kappa shape index (κ2) is 8.21. The molecular weight excluding hydrogens is 301 g/mol. The van der Waals surface area contributed by atoms with Gasteiger partial charge in [-0.1, -0.05) is 34.1 Å². The molecule has 0 aromatic heterocycles. The number of amides is 1. The maximum absolute atomic E-state index is 13.4. The van der Waals surface area contributed by atoms with Gasteiger partial charge in [0.2, 0.25) is 5.91 Å². The fourth-order valence-electron chi connectivity index (χ4n) is 1.42. The molecule has 0 N–H and O–H groups in total.